The van der Waals surface area contributed by atoms with Gasteiger partial charge in [-0.1, -0.05) is 30.3 Å². The van der Waals surface area contributed by atoms with E-state index in [0.29, 0.717) is 5.56 Å². The van der Waals surface area contributed by atoms with Crippen molar-refractivity contribution in [2.24, 2.45) is 5.14 Å². The van der Waals surface area contributed by atoms with Gasteiger partial charge in [0.1, 0.15) is 0 Å². The van der Waals surface area contributed by atoms with Gasteiger partial charge in [-0.3, -0.25) is 14.5 Å². The summed E-state index contributed by atoms with van der Waals surface area (Å²) in [4.78, 5) is 26.8. The molecule has 0 radical (unpaired) electrons. The van der Waals surface area contributed by atoms with Crippen LogP contribution < -0.4 is 15.8 Å². The molecule has 1 aliphatic heterocycles. The third kappa shape index (κ3) is 6.61. The van der Waals surface area contributed by atoms with Crippen molar-refractivity contribution >= 4 is 21.8 Å². The van der Waals surface area contributed by atoms with E-state index >= 15 is 0 Å². The molecule has 8 nitrogen and oxygen atoms in total. The molecule has 1 saturated heterocycles. The number of carbonyl (C=O) groups excluding carboxylic acids is 2. The quantitative estimate of drug-likeness (QED) is 0.596. The minimum absolute atomic E-state index is 0.0389. The summed E-state index contributed by atoms with van der Waals surface area (Å²) >= 11 is 0. The van der Waals surface area contributed by atoms with E-state index in [-0.39, 0.29) is 35.3 Å². The van der Waals surface area contributed by atoms with Crippen molar-refractivity contribution in [2.45, 2.75) is 36.7 Å². The van der Waals surface area contributed by atoms with E-state index in [1.807, 2.05) is 25.1 Å². The van der Waals surface area contributed by atoms with E-state index in [9.17, 15) is 18.0 Å². The Hall–Kier alpha value is -2.75. The van der Waals surface area contributed by atoms with Crippen LogP contribution in [0.5, 0.6) is 0 Å². The molecule has 2 aromatic carbocycles. The van der Waals surface area contributed by atoms with Crippen molar-refractivity contribution in [1.82, 2.24) is 15.5 Å². The zero-order valence-corrected chi connectivity index (χ0v) is 18.3. The molecule has 2 aromatic rings. The molecule has 0 aliphatic carbocycles. The molecule has 1 fully saturated rings. The van der Waals surface area contributed by atoms with E-state index in [0.717, 1.165) is 31.5 Å². The molecular formula is C22H28N4O4S. The largest absolute Gasteiger partial charge is 0.349 e. The lowest BCUT2D eigenvalue weighted by Gasteiger charge is -2.32. The Labute approximate surface area is 182 Å². The van der Waals surface area contributed by atoms with E-state index in [2.05, 4.69) is 15.5 Å². The van der Waals surface area contributed by atoms with E-state index in [1.165, 1.54) is 12.1 Å². The number of nitrogens with zero attached hydrogens (tertiary/aromatic N) is 1. The van der Waals surface area contributed by atoms with Gasteiger partial charge in [0.05, 0.1) is 17.5 Å². The van der Waals surface area contributed by atoms with Crippen LogP contribution in [0.15, 0.2) is 59.5 Å². The Kier molecular flexibility index (Phi) is 7.42. The lowest BCUT2D eigenvalue weighted by atomic mass is 10.0. The second-order valence-electron chi connectivity index (χ2n) is 7.79. The van der Waals surface area contributed by atoms with Gasteiger partial charge in [0.2, 0.25) is 15.9 Å². The zero-order chi connectivity index (χ0) is 22.4. The number of rotatable bonds is 7. The minimum atomic E-state index is -3.74. The number of sulfonamides is 1. The Bertz CT molecular complexity index is 1000. The van der Waals surface area contributed by atoms with Crippen LogP contribution in [-0.2, 0) is 14.8 Å². The van der Waals surface area contributed by atoms with Crippen molar-refractivity contribution < 1.29 is 18.0 Å². The Morgan fingerprint density at radius 1 is 1.06 bits per heavy atom. The van der Waals surface area contributed by atoms with Crippen LogP contribution in [0.1, 0.15) is 41.7 Å². The van der Waals surface area contributed by atoms with Crippen molar-refractivity contribution in [1.29, 1.82) is 0 Å². The molecule has 0 spiro atoms. The van der Waals surface area contributed by atoms with Crippen molar-refractivity contribution in [3.8, 4) is 0 Å². The highest BCUT2D eigenvalue weighted by molar-refractivity contribution is 7.89. The molecule has 1 unspecified atom stereocenters. The number of amides is 2. The minimum Gasteiger partial charge on any atom is -0.349 e. The maximum Gasteiger partial charge on any atom is 0.251 e. The summed E-state index contributed by atoms with van der Waals surface area (Å²) in [5.74, 6) is -0.172. The maximum atomic E-state index is 12.4. The first-order valence-corrected chi connectivity index (χ1v) is 11.8. The fraction of sp³-hybridized carbons (Fsp3) is 0.364. The van der Waals surface area contributed by atoms with Gasteiger partial charge in [0.15, 0.2) is 0 Å². The molecule has 166 valence electrons. The average Bonchev–Trinajstić information content (AvgIpc) is 2.75. The number of hydrogen-bond acceptors (Lipinski definition) is 5. The highest BCUT2D eigenvalue weighted by atomic mass is 32.2. The number of likely N-dealkylation sites (tertiary alicyclic amines) is 1. The summed E-state index contributed by atoms with van der Waals surface area (Å²) in [7, 11) is -3.74. The van der Waals surface area contributed by atoms with Gasteiger partial charge in [0.25, 0.3) is 5.91 Å². The SMILES string of the molecule is CC(NC(=O)CN1CCC(NC(=O)c2ccccc2)CC1)c1ccc(S(N)(=O)=O)cc1. The summed E-state index contributed by atoms with van der Waals surface area (Å²) in [5, 5.41) is 11.1. The number of hydrogen-bond donors (Lipinski definition) is 3. The van der Waals surface area contributed by atoms with E-state index < -0.39 is 10.0 Å². The molecule has 0 bridgehead atoms. The molecule has 0 saturated carbocycles. The first-order chi connectivity index (χ1) is 14.7. The lowest BCUT2D eigenvalue weighted by Crippen LogP contribution is -2.47. The monoisotopic (exact) mass is 444 g/mol. The predicted molar refractivity (Wildman–Crippen MR) is 118 cm³/mol. The predicted octanol–water partition coefficient (Wildman–Crippen LogP) is 1.41. The number of carbonyl (C=O) groups is 2. The summed E-state index contributed by atoms with van der Waals surface area (Å²) in [5.41, 5.74) is 1.44. The summed E-state index contributed by atoms with van der Waals surface area (Å²) < 4.78 is 22.7. The zero-order valence-electron chi connectivity index (χ0n) is 17.5. The second kappa shape index (κ2) is 10.0. The standard InChI is InChI=1S/C22H28N4O4S/c1-16(17-7-9-20(10-8-17)31(23,29)30)24-21(27)15-26-13-11-19(12-14-26)25-22(28)18-5-3-2-4-6-18/h2-10,16,19H,11-15H2,1H3,(H,24,27)(H,25,28)(H2,23,29,30). The van der Waals surface area contributed by atoms with Gasteiger partial charge < -0.3 is 10.6 Å². The smallest absolute Gasteiger partial charge is 0.251 e. The summed E-state index contributed by atoms with van der Waals surface area (Å²) in [6, 6.07) is 15.1. The van der Waals surface area contributed by atoms with Crippen LogP contribution in [0.25, 0.3) is 0 Å². The second-order valence-corrected chi connectivity index (χ2v) is 9.35. The molecular weight excluding hydrogens is 416 g/mol. The molecule has 4 N–H and O–H groups in total. The fourth-order valence-electron chi connectivity index (χ4n) is 3.61. The van der Waals surface area contributed by atoms with Crippen LogP contribution in [0.3, 0.4) is 0 Å². The van der Waals surface area contributed by atoms with Crippen molar-refractivity contribution in [2.75, 3.05) is 19.6 Å². The molecule has 1 aliphatic rings. The van der Waals surface area contributed by atoms with Gasteiger partial charge in [-0.05, 0) is 49.6 Å². The molecule has 9 heteroatoms. The molecule has 1 atom stereocenters. The van der Waals surface area contributed by atoms with E-state index in [4.69, 9.17) is 5.14 Å². The number of primary sulfonamides is 1. The van der Waals surface area contributed by atoms with Gasteiger partial charge in [-0.2, -0.15) is 0 Å². The maximum absolute atomic E-state index is 12.4. The van der Waals surface area contributed by atoms with E-state index in [1.54, 1.807) is 24.3 Å². The van der Waals surface area contributed by atoms with Crippen molar-refractivity contribution in [3.05, 3.63) is 65.7 Å². The lowest BCUT2D eigenvalue weighted by molar-refractivity contribution is -0.123. The van der Waals surface area contributed by atoms with Crippen LogP contribution in [0, 0.1) is 0 Å². The molecule has 0 aromatic heterocycles. The Balaban J connectivity index is 1.43. The number of piperidine rings is 1. The van der Waals surface area contributed by atoms with Crippen LogP contribution in [0.4, 0.5) is 0 Å². The molecule has 2 amide bonds. The Morgan fingerprint density at radius 2 is 1.68 bits per heavy atom. The third-order valence-electron chi connectivity index (χ3n) is 5.41. The topological polar surface area (TPSA) is 122 Å². The Morgan fingerprint density at radius 3 is 2.26 bits per heavy atom. The van der Waals surface area contributed by atoms with Crippen molar-refractivity contribution in [3.63, 3.8) is 0 Å². The molecule has 3 rings (SSSR count). The van der Waals surface area contributed by atoms with Gasteiger partial charge in [0, 0.05) is 24.7 Å². The molecule has 31 heavy (non-hydrogen) atoms. The van der Waals surface area contributed by atoms with Gasteiger partial charge in [-0.15, -0.1) is 0 Å². The first kappa shape index (κ1) is 22.9. The fourth-order valence-corrected chi connectivity index (χ4v) is 4.13. The number of nitrogens with one attached hydrogen (secondary N) is 2. The number of nitrogens with two attached hydrogens (primary N) is 1. The van der Waals surface area contributed by atoms with Crippen LogP contribution >= 0.6 is 0 Å². The molecule has 1 heterocycles. The van der Waals surface area contributed by atoms with Gasteiger partial charge in [-0.25, -0.2) is 13.6 Å². The third-order valence-corrected chi connectivity index (χ3v) is 6.34. The first-order valence-electron chi connectivity index (χ1n) is 10.2. The highest BCUT2D eigenvalue weighted by Gasteiger charge is 2.23. The summed E-state index contributed by atoms with van der Waals surface area (Å²) in [6.07, 6.45) is 1.58. The van der Waals surface area contributed by atoms with Gasteiger partial charge >= 0.3 is 0 Å². The average molecular weight is 445 g/mol. The van der Waals surface area contributed by atoms with Crippen LogP contribution in [-0.4, -0.2) is 50.8 Å². The van der Waals surface area contributed by atoms with Crippen LogP contribution in [0.2, 0.25) is 0 Å². The number of benzene rings is 2. The highest BCUT2D eigenvalue weighted by Crippen LogP contribution is 2.16. The normalized spacial score (nSPS) is 16.5. The summed E-state index contributed by atoms with van der Waals surface area (Å²) in [6.45, 7) is 3.57.